The van der Waals surface area contributed by atoms with E-state index in [1.165, 1.54) is 0 Å². The molecule has 66 valence electrons. The zero-order valence-electron chi connectivity index (χ0n) is 7.39. The van der Waals surface area contributed by atoms with E-state index in [2.05, 4.69) is 18.8 Å². The fraction of sp³-hybridized carbons (Fsp3) is 0.875. The fourth-order valence-corrected chi connectivity index (χ4v) is 3.62. The Morgan fingerprint density at radius 1 is 1.36 bits per heavy atom. The molecule has 0 bridgehead atoms. The Morgan fingerprint density at radius 2 is 1.82 bits per heavy atom. The van der Waals surface area contributed by atoms with Gasteiger partial charge in [-0.25, -0.2) is 10.0 Å². The van der Waals surface area contributed by atoms with E-state index in [1.807, 2.05) is 0 Å². The van der Waals surface area contributed by atoms with Crippen LogP contribution in [-0.4, -0.2) is 34.6 Å². The average molecular weight is 176 g/mol. The number of carboxylic acid groups (broad SMARTS) is 1. The molecule has 0 atom stereocenters. The molecule has 1 aliphatic rings. The first-order chi connectivity index (χ1) is 4.90. The summed E-state index contributed by atoms with van der Waals surface area (Å²) in [5.41, 5.74) is 0. The van der Waals surface area contributed by atoms with E-state index in [9.17, 15) is 4.79 Å². The predicted octanol–water partition coefficient (Wildman–Crippen LogP) is 1.69. The monoisotopic (exact) mass is 176 g/mol. The first kappa shape index (κ1) is 8.91. The zero-order valence-corrected chi connectivity index (χ0v) is 8.20. The minimum atomic E-state index is -0.927. The maximum absolute atomic E-state index is 11.0. The second kappa shape index (κ2) is 2.41. The van der Waals surface area contributed by atoms with Gasteiger partial charge in [-0.3, -0.25) is 4.79 Å². The number of carboxylic acids is 1. The van der Waals surface area contributed by atoms with Crippen molar-refractivity contribution >= 4 is 16.0 Å². The summed E-state index contributed by atoms with van der Waals surface area (Å²) < 4.78 is -0.340. The van der Waals surface area contributed by atoms with Gasteiger partial charge < -0.3 is 5.11 Å². The van der Waals surface area contributed by atoms with E-state index < -0.39 is 16.0 Å². The zero-order chi connectivity index (χ0) is 8.70. The fourth-order valence-electron chi connectivity index (χ4n) is 1.59. The van der Waals surface area contributed by atoms with Gasteiger partial charge >= 0.3 is 5.97 Å². The number of carbonyl (C=O) groups is 1. The van der Waals surface area contributed by atoms with Gasteiger partial charge in [0.15, 0.2) is 0 Å². The minimum Gasteiger partial charge on any atom is -0.480 e. The van der Waals surface area contributed by atoms with Crippen molar-refractivity contribution in [2.45, 2.75) is 24.0 Å². The number of hydrogen-bond acceptors (Lipinski definition) is 1. The summed E-state index contributed by atoms with van der Waals surface area (Å²) in [6, 6.07) is 0. The Balaban J connectivity index is 2.85. The average Bonchev–Trinajstić information content (AvgIpc) is 1.52. The lowest BCUT2D eigenvalue weighted by Crippen LogP contribution is -2.48. The molecule has 1 fully saturated rings. The van der Waals surface area contributed by atoms with E-state index >= 15 is 0 Å². The van der Waals surface area contributed by atoms with E-state index in [0.717, 1.165) is 19.3 Å². The van der Waals surface area contributed by atoms with Crippen molar-refractivity contribution in [2.75, 3.05) is 18.8 Å². The van der Waals surface area contributed by atoms with Crippen molar-refractivity contribution in [3.8, 4) is 0 Å². The molecular formula is C8H16O2S. The maximum atomic E-state index is 11.0. The molecule has 0 heterocycles. The molecule has 0 aromatic carbocycles. The Labute approximate surface area is 69.3 Å². The van der Waals surface area contributed by atoms with Crippen LogP contribution >= 0.6 is 10.0 Å². The van der Waals surface area contributed by atoms with Crippen LogP contribution in [0.2, 0.25) is 0 Å². The maximum Gasteiger partial charge on any atom is 0.318 e. The van der Waals surface area contributed by atoms with E-state index in [-0.39, 0.29) is 4.75 Å². The third-order valence-corrected chi connectivity index (χ3v) is 5.65. The molecule has 0 aromatic heterocycles. The summed E-state index contributed by atoms with van der Waals surface area (Å²) in [4.78, 5) is 11.0. The van der Waals surface area contributed by atoms with Crippen LogP contribution in [0, 0.1) is 0 Å². The normalized spacial score (nSPS) is 23.9. The van der Waals surface area contributed by atoms with Crippen LogP contribution in [0.5, 0.6) is 0 Å². The van der Waals surface area contributed by atoms with Crippen LogP contribution in [-0.2, 0) is 4.79 Å². The SMILES string of the molecule is CS(C)(C)C1(C(=O)O)CCC1. The Kier molecular flexibility index (Phi) is 1.95. The molecule has 0 aliphatic heterocycles. The second-order valence-electron chi connectivity index (χ2n) is 3.99. The highest BCUT2D eigenvalue weighted by Crippen LogP contribution is 2.60. The minimum absolute atomic E-state index is 0.340. The van der Waals surface area contributed by atoms with Gasteiger partial charge in [-0.15, -0.1) is 0 Å². The molecule has 0 radical (unpaired) electrons. The molecule has 0 saturated heterocycles. The molecule has 1 saturated carbocycles. The van der Waals surface area contributed by atoms with Gasteiger partial charge in [0.05, 0.1) is 4.75 Å². The number of aliphatic carboxylic acids is 1. The van der Waals surface area contributed by atoms with Gasteiger partial charge in [-0.1, -0.05) is 0 Å². The van der Waals surface area contributed by atoms with Gasteiger partial charge in [-0.2, -0.15) is 0 Å². The lowest BCUT2D eigenvalue weighted by molar-refractivity contribution is -0.142. The highest BCUT2D eigenvalue weighted by molar-refractivity contribution is 8.33. The van der Waals surface area contributed by atoms with Crippen molar-refractivity contribution < 1.29 is 9.90 Å². The summed E-state index contributed by atoms with van der Waals surface area (Å²) in [6.45, 7) is 0. The molecule has 0 unspecified atom stereocenters. The molecule has 1 rings (SSSR count). The molecule has 1 aliphatic carbocycles. The van der Waals surface area contributed by atoms with Crippen LogP contribution in [0.15, 0.2) is 0 Å². The Bertz CT molecular complexity index is 177. The van der Waals surface area contributed by atoms with E-state index in [0.29, 0.717) is 0 Å². The van der Waals surface area contributed by atoms with Crippen molar-refractivity contribution in [3.63, 3.8) is 0 Å². The third kappa shape index (κ3) is 1.15. The molecule has 0 spiro atoms. The quantitative estimate of drug-likeness (QED) is 0.695. The summed E-state index contributed by atoms with van der Waals surface area (Å²) in [6.07, 6.45) is 9.17. The largest absolute Gasteiger partial charge is 0.480 e. The van der Waals surface area contributed by atoms with Crippen LogP contribution in [0.4, 0.5) is 0 Å². The van der Waals surface area contributed by atoms with Crippen LogP contribution in [0.3, 0.4) is 0 Å². The first-order valence-electron chi connectivity index (χ1n) is 3.81. The van der Waals surface area contributed by atoms with Crippen molar-refractivity contribution in [1.29, 1.82) is 0 Å². The lowest BCUT2D eigenvalue weighted by atomic mass is 9.84. The highest BCUT2D eigenvalue weighted by Gasteiger charge is 2.50. The van der Waals surface area contributed by atoms with Gasteiger partial charge in [0, 0.05) is 0 Å². The standard InChI is InChI=1S/C8H16O2S/c1-11(2,3)8(7(9)10)5-4-6-8/h4-6H2,1-3H3,(H,9,10). The van der Waals surface area contributed by atoms with Crippen molar-refractivity contribution in [1.82, 2.24) is 0 Å². The lowest BCUT2D eigenvalue weighted by Gasteiger charge is -2.51. The summed E-state index contributed by atoms with van der Waals surface area (Å²) >= 11 is 0. The van der Waals surface area contributed by atoms with Gasteiger partial charge in [0.25, 0.3) is 0 Å². The molecular weight excluding hydrogens is 160 g/mol. The third-order valence-electron chi connectivity index (χ3n) is 2.72. The summed E-state index contributed by atoms with van der Waals surface area (Å²) in [7, 11) is -0.927. The van der Waals surface area contributed by atoms with Gasteiger partial charge in [0.1, 0.15) is 0 Å². The number of hydrogen-bond donors (Lipinski definition) is 1. The van der Waals surface area contributed by atoms with Gasteiger partial charge in [-0.05, 0) is 38.0 Å². The van der Waals surface area contributed by atoms with Crippen molar-refractivity contribution in [3.05, 3.63) is 0 Å². The smallest absolute Gasteiger partial charge is 0.318 e. The molecule has 2 nitrogen and oxygen atoms in total. The van der Waals surface area contributed by atoms with Crippen molar-refractivity contribution in [2.24, 2.45) is 0 Å². The van der Waals surface area contributed by atoms with Crippen LogP contribution in [0.25, 0.3) is 0 Å². The van der Waals surface area contributed by atoms with Gasteiger partial charge in [0.2, 0.25) is 0 Å². The molecule has 0 amide bonds. The summed E-state index contributed by atoms with van der Waals surface area (Å²) in [5, 5.41) is 9.04. The highest BCUT2D eigenvalue weighted by atomic mass is 32.3. The van der Waals surface area contributed by atoms with E-state index in [4.69, 9.17) is 5.11 Å². The molecule has 1 N–H and O–H groups in total. The topological polar surface area (TPSA) is 37.3 Å². The van der Waals surface area contributed by atoms with Crippen LogP contribution in [0.1, 0.15) is 19.3 Å². The van der Waals surface area contributed by atoms with E-state index in [1.54, 1.807) is 0 Å². The number of rotatable bonds is 2. The molecule has 0 aromatic rings. The molecule has 11 heavy (non-hydrogen) atoms. The Hall–Kier alpha value is -0.180. The first-order valence-corrected chi connectivity index (χ1v) is 6.67. The van der Waals surface area contributed by atoms with Crippen LogP contribution < -0.4 is 0 Å². The molecule has 3 heteroatoms. The Morgan fingerprint density at radius 3 is 1.82 bits per heavy atom. The summed E-state index contributed by atoms with van der Waals surface area (Å²) in [5.74, 6) is -0.578. The predicted molar refractivity (Wildman–Crippen MR) is 49.6 cm³/mol. The second-order valence-corrected chi connectivity index (χ2v) is 8.45.